The van der Waals surface area contributed by atoms with E-state index in [0.29, 0.717) is 6.42 Å². The molecule has 0 fully saturated rings. The summed E-state index contributed by atoms with van der Waals surface area (Å²) in [6.45, 7) is 4.36. The van der Waals surface area contributed by atoms with Gasteiger partial charge in [-0.2, -0.15) is 0 Å². The summed E-state index contributed by atoms with van der Waals surface area (Å²) in [6.07, 6.45) is 78.4. The molecule has 0 aliphatic heterocycles. The molecule has 0 aromatic rings. The maximum Gasteiger partial charge on any atom is 0.220 e. The normalized spacial score (nSPS) is 12.7. The molecule has 0 spiro atoms. The van der Waals surface area contributed by atoms with Gasteiger partial charge < -0.3 is 15.5 Å². The van der Waals surface area contributed by atoms with Crippen molar-refractivity contribution in [2.24, 2.45) is 0 Å². The Morgan fingerprint density at radius 3 is 0.776 bits per heavy atom. The molecule has 0 saturated heterocycles. The Bertz CT molecular complexity index is 936. The lowest BCUT2D eigenvalue weighted by atomic mass is 10.0. The molecule has 0 saturated carbocycles. The molecule has 0 radical (unpaired) electrons. The quantitative estimate of drug-likeness (QED) is 0.0420. The van der Waals surface area contributed by atoms with E-state index in [1.165, 1.54) is 321 Å². The van der Waals surface area contributed by atoms with Gasteiger partial charge in [-0.15, -0.1) is 0 Å². The van der Waals surface area contributed by atoms with Crippen LogP contribution in [0.3, 0.4) is 0 Å². The molecule has 0 aliphatic carbocycles. The van der Waals surface area contributed by atoms with Gasteiger partial charge >= 0.3 is 0 Å². The predicted molar refractivity (Wildman–Crippen MR) is 299 cm³/mol. The summed E-state index contributed by atoms with van der Waals surface area (Å²) in [6, 6.07) is -0.619. The van der Waals surface area contributed by atoms with Crippen LogP contribution in [-0.4, -0.2) is 34.9 Å². The number of unbranched alkanes of at least 4 members (excludes halogenated alkanes) is 52. The Morgan fingerprint density at radius 2 is 0.552 bits per heavy atom. The van der Waals surface area contributed by atoms with Gasteiger partial charge in [-0.3, -0.25) is 4.79 Å². The van der Waals surface area contributed by atoms with E-state index in [-0.39, 0.29) is 12.5 Å². The van der Waals surface area contributed by atoms with Crippen molar-refractivity contribution in [3.8, 4) is 0 Å². The highest BCUT2D eigenvalue weighted by molar-refractivity contribution is 5.76. The monoisotopic (exact) mass is 944 g/mol. The number of carbonyl (C=O) groups excluding carboxylic acids is 1. The summed E-state index contributed by atoms with van der Waals surface area (Å²) in [5.74, 6) is -0.0543. The third kappa shape index (κ3) is 55.9. The van der Waals surface area contributed by atoms with Crippen molar-refractivity contribution < 1.29 is 15.0 Å². The highest BCUT2D eigenvalue weighted by atomic mass is 16.3. The van der Waals surface area contributed by atoms with Crippen LogP contribution in [0.4, 0.5) is 0 Å². The van der Waals surface area contributed by atoms with E-state index in [9.17, 15) is 15.0 Å². The van der Waals surface area contributed by atoms with Crippen LogP contribution >= 0.6 is 0 Å². The zero-order valence-electron chi connectivity index (χ0n) is 46.2. The number of amides is 1. The van der Waals surface area contributed by atoms with Gasteiger partial charge in [-0.05, 0) is 19.3 Å². The predicted octanol–water partition coefficient (Wildman–Crippen LogP) is 20.9. The molecule has 0 aromatic heterocycles. The number of aliphatic hydroxyl groups is 2. The summed E-state index contributed by atoms with van der Waals surface area (Å²) < 4.78 is 0. The molecular formula is C63H125NO3. The molecule has 0 rings (SSSR count). The molecule has 3 N–H and O–H groups in total. The second kappa shape index (κ2) is 59.4. The number of aliphatic hydroxyl groups excluding tert-OH is 2. The minimum absolute atomic E-state index is 0.0543. The molecule has 4 nitrogen and oxygen atoms in total. The van der Waals surface area contributed by atoms with E-state index in [1.54, 1.807) is 6.08 Å². The second-order valence-electron chi connectivity index (χ2n) is 21.8. The van der Waals surface area contributed by atoms with Crippen molar-refractivity contribution in [1.29, 1.82) is 0 Å². The first-order valence-corrected chi connectivity index (χ1v) is 31.4. The van der Waals surface area contributed by atoms with E-state index >= 15 is 0 Å². The van der Waals surface area contributed by atoms with Crippen molar-refractivity contribution in [2.45, 2.75) is 379 Å². The van der Waals surface area contributed by atoms with Crippen LogP contribution in [-0.2, 0) is 4.79 Å². The van der Waals surface area contributed by atoms with Gasteiger partial charge in [0.25, 0.3) is 0 Å². The molecule has 0 aliphatic rings. The molecule has 1 amide bonds. The van der Waals surface area contributed by atoms with Crippen molar-refractivity contribution in [3.05, 3.63) is 12.2 Å². The number of hydrogen-bond acceptors (Lipinski definition) is 3. The highest BCUT2D eigenvalue weighted by Gasteiger charge is 2.18. The first kappa shape index (κ1) is 66.1. The van der Waals surface area contributed by atoms with Gasteiger partial charge in [0, 0.05) is 6.42 Å². The van der Waals surface area contributed by atoms with Crippen LogP contribution < -0.4 is 5.32 Å². The van der Waals surface area contributed by atoms with E-state index in [0.717, 1.165) is 25.7 Å². The average Bonchev–Trinajstić information content (AvgIpc) is 3.33. The lowest BCUT2D eigenvalue weighted by Gasteiger charge is -2.20. The number of rotatable bonds is 59. The fourth-order valence-electron chi connectivity index (χ4n) is 10.2. The van der Waals surface area contributed by atoms with Crippen molar-refractivity contribution >= 4 is 5.91 Å². The zero-order valence-corrected chi connectivity index (χ0v) is 46.2. The average molecular weight is 945 g/mol. The van der Waals surface area contributed by atoms with Crippen LogP contribution in [0.15, 0.2) is 12.2 Å². The summed E-state index contributed by atoms with van der Waals surface area (Å²) in [5, 5.41) is 23.2. The molecule has 2 atom stereocenters. The van der Waals surface area contributed by atoms with Crippen LogP contribution in [0.2, 0.25) is 0 Å². The van der Waals surface area contributed by atoms with Gasteiger partial charge in [0.2, 0.25) is 5.91 Å². The van der Waals surface area contributed by atoms with Gasteiger partial charge in [0.1, 0.15) is 0 Å². The number of hydrogen-bond donors (Lipinski definition) is 3. The standard InChI is InChI=1S/C63H125NO3/c1-3-5-7-9-11-13-15-17-19-21-23-25-27-29-30-31-32-33-35-36-38-40-42-44-46-48-50-52-54-56-58-62(66)61(60-65)64-63(67)59-57-55-53-51-49-47-45-43-41-39-37-34-28-26-24-22-20-18-16-14-12-10-8-6-4-2/h56,58,61-62,65-66H,3-55,57,59-60H2,1-2H3,(H,64,67)/b58-56+. The summed E-state index contributed by atoms with van der Waals surface area (Å²) >= 11 is 0. The molecule has 0 heterocycles. The fraction of sp³-hybridized carbons (Fsp3) is 0.952. The highest BCUT2D eigenvalue weighted by Crippen LogP contribution is 2.19. The van der Waals surface area contributed by atoms with Gasteiger partial charge in [0.15, 0.2) is 0 Å². The fourth-order valence-corrected chi connectivity index (χ4v) is 10.2. The minimum Gasteiger partial charge on any atom is -0.394 e. The molecular weight excluding hydrogens is 819 g/mol. The van der Waals surface area contributed by atoms with Crippen LogP contribution in [0.25, 0.3) is 0 Å². The van der Waals surface area contributed by atoms with Gasteiger partial charge in [0.05, 0.1) is 18.8 Å². The molecule has 4 heteroatoms. The number of allylic oxidation sites excluding steroid dienone is 1. The maximum absolute atomic E-state index is 12.5. The first-order chi connectivity index (χ1) is 33.2. The van der Waals surface area contributed by atoms with Crippen molar-refractivity contribution in [3.63, 3.8) is 0 Å². The summed E-state index contributed by atoms with van der Waals surface area (Å²) in [5.41, 5.74) is 0. The Labute approximate surface area is 422 Å². The lowest BCUT2D eigenvalue weighted by Crippen LogP contribution is -2.45. The van der Waals surface area contributed by atoms with Crippen molar-refractivity contribution in [2.75, 3.05) is 6.61 Å². The number of carbonyl (C=O) groups is 1. The van der Waals surface area contributed by atoms with Gasteiger partial charge in [-0.1, -0.05) is 353 Å². The smallest absolute Gasteiger partial charge is 0.220 e. The lowest BCUT2D eigenvalue weighted by molar-refractivity contribution is -0.123. The van der Waals surface area contributed by atoms with E-state index < -0.39 is 12.1 Å². The third-order valence-corrected chi connectivity index (χ3v) is 15.0. The topological polar surface area (TPSA) is 69.6 Å². The van der Waals surface area contributed by atoms with Crippen molar-refractivity contribution in [1.82, 2.24) is 5.32 Å². The Kier molecular flexibility index (Phi) is 58.7. The van der Waals surface area contributed by atoms with Crippen LogP contribution in [0.5, 0.6) is 0 Å². The Morgan fingerprint density at radius 1 is 0.343 bits per heavy atom. The largest absolute Gasteiger partial charge is 0.394 e. The Hall–Kier alpha value is -0.870. The minimum atomic E-state index is -0.836. The van der Waals surface area contributed by atoms with Crippen LogP contribution in [0, 0.1) is 0 Å². The van der Waals surface area contributed by atoms with E-state index in [1.807, 2.05) is 6.08 Å². The molecule has 0 bridgehead atoms. The molecule has 400 valence electrons. The second-order valence-corrected chi connectivity index (χ2v) is 21.8. The summed E-state index contributed by atoms with van der Waals surface area (Å²) in [7, 11) is 0. The SMILES string of the molecule is CCCCCCCCCCCCCCCCCCCCCCCCCCCCCC/C=C/C(O)C(CO)NC(=O)CCCCCCCCCCCCCCCCCCCCCCCCCCC. The van der Waals surface area contributed by atoms with E-state index in [4.69, 9.17) is 0 Å². The Balaban J connectivity index is 3.42. The third-order valence-electron chi connectivity index (χ3n) is 15.0. The van der Waals surface area contributed by atoms with Crippen LogP contribution in [0.1, 0.15) is 367 Å². The summed E-state index contributed by atoms with van der Waals surface area (Å²) in [4.78, 5) is 12.5. The van der Waals surface area contributed by atoms with Gasteiger partial charge in [-0.25, -0.2) is 0 Å². The molecule has 67 heavy (non-hydrogen) atoms. The molecule has 0 aromatic carbocycles. The number of nitrogens with one attached hydrogen (secondary N) is 1. The zero-order chi connectivity index (χ0) is 48.5. The molecule has 2 unspecified atom stereocenters. The first-order valence-electron chi connectivity index (χ1n) is 31.4. The maximum atomic E-state index is 12.5. The van der Waals surface area contributed by atoms with E-state index in [2.05, 4.69) is 19.2 Å².